The maximum Gasteiger partial charge on any atom is 0.222 e. The van der Waals surface area contributed by atoms with Crippen molar-refractivity contribution < 1.29 is 4.79 Å². The van der Waals surface area contributed by atoms with E-state index in [9.17, 15) is 4.79 Å². The molecular formula is C12H19N3OS. The highest BCUT2D eigenvalue weighted by atomic mass is 32.2. The maximum atomic E-state index is 11.3. The van der Waals surface area contributed by atoms with Crippen LogP contribution in [0.2, 0.25) is 0 Å². The lowest BCUT2D eigenvalue weighted by Crippen LogP contribution is -2.21. The molecule has 5 heteroatoms. The lowest BCUT2D eigenvalue weighted by atomic mass is 10.4. The van der Waals surface area contributed by atoms with Crippen LogP contribution in [0.4, 0.5) is 0 Å². The predicted octanol–water partition coefficient (Wildman–Crippen LogP) is 1.75. The zero-order chi connectivity index (χ0) is 12.7. The predicted molar refractivity (Wildman–Crippen MR) is 70.9 cm³/mol. The van der Waals surface area contributed by atoms with Crippen LogP contribution in [0.5, 0.6) is 0 Å². The number of carbonyl (C=O) groups is 1. The van der Waals surface area contributed by atoms with Gasteiger partial charge in [-0.1, -0.05) is 6.92 Å². The molecule has 0 saturated carbocycles. The molecule has 17 heavy (non-hydrogen) atoms. The average Bonchev–Trinajstić information content (AvgIpc) is 2.34. The van der Waals surface area contributed by atoms with Crippen LogP contribution in [0.15, 0.2) is 12.3 Å². The fourth-order valence-electron chi connectivity index (χ4n) is 1.25. The second-order valence-electron chi connectivity index (χ2n) is 3.91. The number of rotatable bonds is 6. The zero-order valence-electron chi connectivity index (χ0n) is 10.6. The Morgan fingerprint density at radius 1 is 1.47 bits per heavy atom. The Kier molecular flexibility index (Phi) is 5.97. The van der Waals surface area contributed by atoms with Crippen LogP contribution in [0.25, 0.3) is 0 Å². The molecule has 4 nitrogen and oxygen atoms in total. The molecule has 0 aliphatic rings. The number of aromatic nitrogens is 2. The van der Waals surface area contributed by atoms with Crippen LogP contribution in [0, 0.1) is 0 Å². The van der Waals surface area contributed by atoms with E-state index in [0.29, 0.717) is 6.42 Å². The van der Waals surface area contributed by atoms with E-state index in [2.05, 4.69) is 9.97 Å². The van der Waals surface area contributed by atoms with Crippen LogP contribution in [0.1, 0.15) is 24.9 Å². The summed E-state index contributed by atoms with van der Waals surface area (Å²) in [5.41, 5.74) is 1.04. The molecule has 0 aromatic carbocycles. The van der Waals surface area contributed by atoms with Gasteiger partial charge in [0.15, 0.2) is 0 Å². The Balaban J connectivity index is 2.28. The van der Waals surface area contributed by atoms with Gasteiger partial charge in [0.05, 0.1) is 5.69 Å². The average molecular weight is 253 g/mol. The van der Waals surface area contributed by atoms with Gasteiger partial charge in [0.2, 0.25) is 5.91 Å². The Morgan fingerprint density at radius 2 is 2.24 bits per heavy atom. The highest BCUT2D eigenvalue weighted by Gasteiger charge is 2.04. The summed E-state index contributed by atoms with van der Waals surface area (Å²) in [5.74, 6) is 2.74. The van der Waals surface area contributed by atoms with Crippen LogP contribution < -0.4 is 0 Å². The van der Waals surface area contributed by atoms with E-state index in [1.807, 2.05) is 13.0 Å². The van der Waals surface area contributed by atoms with E-state index in [4.69, 9.17) is 0 Å². The van der Waals surface area contributed by atoms with Crippen molar-refractivity contribution in [3.8, 4) is 0 Å². The fourth-order valence-corrected chi connectivity index (χ4v) is 2.09. The summed E-state index contributed by atoms with van der Waals surface area (Å²) in [4.78, 5) is 21.5. The zero-order valence-corrected chi connectivity index (χ0v) is 11.5. The summed E-state index contributed by atoms with van der Waals surface area (Å²) in [6.45, 7) is 2.04. The Bertz CT molecular complexity index is 369. The third-order valence-electron chi connectivity index (χ3n) is 2.29. The molecule has 0 atom stereocenters. The molecule has 0 saturated heterocycles. The Hall–Kier alpha value is -1.10. The molecule has 94 valence electrons. The third kappa shape index (κ3) is 5.17. The molecule has 1 aromatic heterocycles. The van der Waals surface area contributed by atoms with Gasteiger partial charge in [0, 0.05) is 44.6 Å². The smallest absolute Gasteiger partial charge is 0.222 e. The molecule has 1 heterocycles. The standard InChI is InChI=1S/C12H19N3OS/c1-4-11-13-7-5-10(14-11)9-17-8-6-12(16)15(2)3/h5,7H,4,6,8-9H2,1-3H3. The number of amides is 1. The number of hydrogen-bond acceptors (Lipinski definition) is 4. The first-order valence-corrected chi connectivity index (χ1v) is 6.87. The molecule has 0 bridgehead atoms. The van der Waals surface area contributed by atoms with Crippen molar-refractivity contribution >= 4 is 17.7 Å². The summed E-state index contributed by atoms with van der Waals surface area (Å²) in [6, 6.07) is 1.93. The van der Waals surface area contributed by atoms with E-state index < -0.39 is 0 Å². The van der Waals surface area contributed by atoms with Crippen LogP contribution >= 0.6 is 11.8 Å². The second-order valence-corrected chi connectivity index (χ2v) is 5.01. The quantitative estimate of drug-likeness (QED) is 0.725. The molecule has 0 aliphatic carbocycles. The van der Waals surface area contributed by atoms with Crippen molar-refractivity contribution in [2.45, 2.75) is 25.5 Å². The first kappa shape index (κ1) is 14.0. The number of carbonyl (C=O) groups excluding carboxylic acids is 1. The molecule has 1 amide bonds. The minimum atomic E-state index is 0.175. The monoisotopic (exact) mass is 253 g/mol. The number of aryl methyl sites for hydroxylation is 1. The molecule has 0 N–H and O–H groups in total. The van der Waals surface area contributed by atoms with Gasteiger partial charge >= 0.3 is 0 Å². The summed E-state index contributed by atoms with van der Waals surface area (Å²) in [5, 5.41) is 0. The number of hydrogen-bond donors (Lipinski definition) is 0. The van der Waals surface area contributed by atoms with Gasteiger partial charge in [-0.2, -0.15) is 11.8 Å². The van der Waals surface area contributed by atoms with E-state index in [0.717, 1.165) is 29.4 Å². The van der Waals surface area contributed by atoms with Gasteiger partial charge in [0.25, 0.3) is 0 Å². The van der Waals surface area contributed by atoms with Gasteiger partial charge in [-0.3, -0.25) is 4.79 Å². The van der Waals surface area contributed by atoms with Gasteiger partial charge in [-0.15, -0.1) is 0 Å². The molecule has 0 unspecified atom stereocenters. The van der Waals surface area contributed by atoms with E-state index >= 15 is 0 Å². The minimum absolute atomic E-state index is 0.175. The van der Waals surface area contributed by atoms with Crippen LogP contribution in [-0.2, 0) is 17.0 Å². The first-order chi connectivity index (χ1) is 8.13. The minimum Gasteiger partial charge on any atom is -0.349 e. The topological polar surface area (TPSA) is 46.1 Å². The Morgan fingerprint density at radius 3 is 2.88 bits per heavy atom. The van der Waals surface area contributed by atoms with E-state index in [1.165, 1.54) is 0 Å². The number of thioether (sulfide) groups is 1. The lowest BCUT2D eigenvalue weighted by molar-refractivity contribution is -0.128. The van der Waals surface area contributed by atoms with E-state index in [-0.39, 0.29) is 5.91 Å². The van der Waals surface area contributed by atoms with Gasteiger partial charge in [0.1, 0.15) is 5.82 Å². The second kappa shape index (κ2) is 7.27. The Labute approximate surface area is 107 Å². The molecule has 0 radical (unpaired) electrons. The van der Waals surface area contributed by atoms with Crippen molar-refractivity contribution in [1.82, 2.24) is 14.9 Å². The summed E-state index contributed by atoms with van der Waals surface area (Å²) < 4.78 is 0. The van der Waals surface area contributed by atoms with E-state index in [1.54, 1.807) is 37.0 Å². The molecule has 0 fully saturated rings. The van der Waals surface area contributed by atoms with Gasteiger partial charge < -0.3 is 4.90 Å². The molecule has 0 spiro atoms. The van der Waals surface area contributed by atoms with Gasteiger partial charge in [-0.05, 0) is 6.07 Å². The molecule has 1 aromatic rings. The maximum absolute atomic E-state index is 11.3. The van der Waals surface area contributed by atoms with Crippen LogP contribution in [0.3, 0.4) is 0 Å². The van der Waals surface area contributed by atoms with Gasteiger partial charge in [-0.25, -0.2) is 9.97 Å². The highest BCUT2D eigenvalue weighted by Crippen LogP contribution is 2.11. The highest BCUT2D eigenvalue weighted by molar-refractivity contribution is 7.98. The lowest BCUT2D eigenvalue weighted by Gasteiger charge is -2.09. The summed E-state index contributed by atoms with van der Waals surface area (Å²) >= 11 is 1.73. The molecular weight excluding hydrogens is 234 g/mol. The van der Waals surface area contributed by atoms with Crippen molar-refractivity contribution in [2.75, 3.05) is 19.8 Å². The SMILES string of the molecule is CCc1nccc(CSCCC(=O)N(C)C)n1. The third-order valence-corrected chi connectivity index (χ3v) is 3.28. The van der Waals surface area contributed by atoms with Crippen molar-refractivity contribution in [2.24, 2.45) is 0 Å². The summed E-state index contributed by atoms with van der Waals surface area (Å²) in [7, 11) is 3.57. The normalized spacial score (nSPS) is 10.3. The van der Waals surface area contributed by atoms with Crippen molar-refractivity contribution in [3.05, 3.63) is 23.8 Å². The number of nitrogens with zero attached hydrogens (tertiary/aromatic N) is 3. The van der Waals surface area contributed by atoms with Crippen molar-refractivity contribution in [1.29, 1.82) is 0 Å². The summed E-state index contributed by atoms with van der Waals surface area (Å²) in [6.07, 6.45) is 3.24. The van der Waals surface area contributed by atoms with Crippen molar-refractivity contribution in [3.63, 3.8) is 0 Å². The molecule has 1 rings (SSSR count). The fraction of sp³-hybridized carbons (Fsp3) is 0.583. The largest absolute Gasteiger partial charge is 0.349 e. The molecule has 0 aliphatic heterocycles. The van der Waals surface area contributed by atoms with Crippen LogP contribution in [-0.4, -0.2) is 40.6 Å². The first-order valence-electron chi connectivity index (χ1n) is 5.72.